The van der Waals surface area contributed by atoms with Crippen molar-refractivity contribution in [2.45, 2.75) is 156 Å². The van der Waals surface area contributed by atoms with Gasteiger partial charge in [-0.05, 0) is 86.4 Å². The second-order valence-electron chi connectivity index (χ2n) is 20.4. The molecule has 4 heterocycles. The highest BCUT2D eigenvalue weighted by molar-refractivity contribution is 7.09. The number of carboxylic acids is 1. The summed E-state index contributed by atoms with van der Waals surface area (Å²) in [6.07, 6.45) is 6.76. The summed E-state index contributed by atoms with van der Waals surface area (Å²) in [6, 6.07) is 11.7. The Labute approximate surface area is 460 Å². The number of piperidine rings is 1. The number of anilines is 2. The Morgan fingerprint density at radius 2 is 1.63 bits per heavy atom. The van der Waals surface area contributed by atoms with Crippen LogP contribution in [0.15, 0.2) is 60.2 Å². The summed E-state index contributed by atoms with van der Waals surface area (Å²) in [5.41, 5.74) is 9.65. The number of aromatic amines is 1. The number of nitrogens with one attached hydrogen (secondary N) is 5. The average Bonchev–Trinajstić information content (AvgIpc) is 4.13. The lowest BCUT2D eigenvalue weighted by Gasteiger charge is -2.40. The van der Waals surface area contributed by atoms with Crippen molar-refractivity contribution >= 4 is 69.6 Å². The van der Waals surface area contributed by atoms with Crippen LogP contribution in [0.5, 0.6) is 5.88 Å². The van der Waals surface area contributed by atoms with Crippen molar-refractivity contribution < 1.29 is 43.3 Å². The maximum atomic E-state index is 14.7. The number of likely N-dealkylation sites (N-methyl/N-ethyl adjacent to an activating group) is 1. The lowest BCUT2D eigenvalue weighted by molar-refractivity contribution is -0.143. The summed E-state index contributed by atoms with van der Waals surface area (Å²) in [5, 5.41) is 23.8. The number of carbonyl (C=O) groups is 6. The fourth-order valence-electron chi connectivity index (χ4n) is 9.36. The number of nitrogens with two attached hydrogens (primary N) is 1. The molecule has 0 aliphatic carbocycles. The van der Waals surface area contributed by atoms with Gasteiger partial charge in [-0.15, -0.1) is 11.3 Å². The first-order chi connectivity index (χ1) is 37.5. The van der Waals surface area contributed by atoms with Crippen molar-refractivity contribution in [2.24, 2.45) is 11.8 Å². The van der Waals surface area contributed by atoms with E-state index in [0.29, 0.717) is 78.7 Å². The predicted octanol–water partition coefficient (Wildman–Crippen LogP) is 6.96. The molecule has 22 heteroatoms. The molecule has 1 saturated heterocycles. The maximum absolute atomic E-state index is 14.7. The molecule has 0 spiro atoms. The van der Waals surface area contributed by atoms with Crippen LogP contribution in [0.1, 0.15) is 144 Å². The number of rotatable bonds is 30. The molecule has 0 bridgehead atoms. The molecule has 5 aromatic rings. The molecule has 5 amide bonds. The number of aliphatic carboxylic acids is 1. The number of carboxylic acid groups (broad SMARTS) is 1. The minimum atomic E-state index is -1.29. The smallest absolute Gasteiger partial charge is 0.326 e. The molecule has 1 aliphatic heterocycles. The Morgan fingerprint density at radius 3 is 2.31 bits per heavy atom. The molecular formula is C56H78N12O9S. The number of fused-ring (bicyclic) bond motifs is 1. The number of carbonyl (C=O) groups excluding carboxylic acids is 5. The first kappa shape index (κ1) is 60.2. The fraction of sp³-hybridized carbons (Fsp3) is 0.536. The number of hydrogen-bond donors (Lipinski definition) is 7. The number of thiazole rings is 1. The van der Waals surface area contributed by atoms with Crippen LogP contribution in [-0.2, 0) is 48.3 Å². The molecule has 0 radical (unpaired) electrons. The number of amides is 5. The largest absolute Gasteiger partial charge is 0.480 e. The van der Waals surface area contributed by atoms with E-state index in [0.717, 1.165) is 43.4 Å². The molecule has 8 N–H and O–H groups in total. The van der Waals surface area contributed by atoms with Crippen molar-refractivity contribution in [3.63, 3.8) is 0 Å². The highest BCUT2D eigenvalue weighted by Crippen LogP contribution is 2.32. The second-order valence-corrected chi connectivity index (χ2v) is 21.3. The van der Waals surface area contributed by atoms with E-state index < -0.39 is 30.1 Å². The number of nitrogens with zero attached hydrogens (tertiary/aromatic N) is 6. The van der Waals surface area contributed by atoms with Gasteiger partial charge in [0.15, 0.2) is 5.65 Å². The first-order valence-electron chi connectivity index (χ1n) is 27.2. The minimum absolute atomic E-state index is 0.00640. The minimum Gasteiger partial charge on any atom is -0.480 e. The molecule has 78 heavy (non-hydrogen) atoms. The standard InChI is InChI=1S/C56H78N12O9S/c1-8-25-68(54(73)47(35(6)10-3)64-51(72)42-14-11-12-26-67(42)7)43(34(4)5)29-44(76-27-9-2)53-63-41(32-78-53)50(71)62-40(55(74)75)28-36-21-23-39(24-22-36)61-46(70)16-13-15-45(69)58-30-37-17-19-38(20-18-37)31-77-52-48-49(60-33-59-48)65-56(57)66-52/h17-24,32-35,40,42-44,47H,8-16,25-31H2,1-7H3,(H,58,69)(H,61,70)(H,62,71)(H,64,72)(H,74,75)(H3,57,59,60,65,66)/t35-,40-,42+,43+,44+,47-/m0/s1. The fourth-order valence-corrected chi connectivity index (χ4v) is 10.2. The average molecular weight is 1100 g/mol. The number of benzene rings is 2. The van der Waals surface area contributed by atoms with Gasteiger partial charge in [-0.2, -0.15) is 9.97 Å². The number of nitrogen functional groups attached to an aromatic ring is 1. The van der Waals surface area contributed by atoms with Crippen LogP contribution in [0.25, 0.3) is 11.2 Å². The van der Waals surface area contributed by atoms with Gasteiger partial charge in [-0.3, -0.25) is 28.9 Å². The van der Waals surface area contributed by atoms with Gasteiger partial charge >= 0.3 is 5.97 Å². The van der Waals surface area contributed by atoms with Gasteiger partial charge in [-0.1, -0.05) is 90.8 Å². The molecule has 6 atom stereocenters. The highest BCUT2D eigenvalue weighted by atomic mass is 32.1. The summed E-state index contributed by atoms with van der Waals surface area (Å²) in [7, 11) is 1.96. The van der Waals surface area contributed by atoms with E-state index in [9.17, 15) is 33.9 Å². The molecule has 1 fully saturated rings. The van der Waals surface area contributed by atoms with E-state index in [-0.39, 0.29) is 85.1 Å². The Bertz CT molecular complexity index is 2770. The van der Waals surface area contributed by atoms with Crippen molar-refractivity contribution in [1.82, 2.24) is 50.7 Å². The van der Waals surface area contributed by atoms with Gasteiger partial charge in [0, 0.05) is 62.5 Å². The topological polar surface area (TPSA) is 289 Å². The molecule has 3 aromatic heterocycles. The quantitative estimate of drug-likeness (QED) is 0.0245. The Morgan fingerprint density at radius 1 is 0.910 bits per heavy atom. The van der Waals surface area contributed by atoms with Crippen LogP contribution < -0.4 is 31.7 Å². The number of hydrogen-bond acceptors (Lipinski definition) is 15. The second kappa shape index (κ2) is 29.6. The van der Waals surface area contributed by atoms with Crippen LogP contribution in [0.3, 0.4) is 0 Å². The van der Waals surface area contributed by atoms with E-state index in [1.807, 2.05) is 63.9 Å². The Balaban J connectivity index is 0.973. The van der Waals surface area contributed by atoms with Crippen molar-refractivity contribution in [3.05, 3.63) is 87.6 Å². The zero-order valence-electron chi connectivity index (χ0n) is 46.0. The third-order valence-electron chi connectivity index (χ3n) is 14.0. The van der Waals surface area contributed by atoms with Crippen molar-refractivity contribution in [2.75, 3.05) is 37.8 Å². The van der Waals surface area contributed by atoms with Gasteiger partial charge in [0.25, 0.3) is 5.91 Å². The van der Waals surface area contributed by atoms with Gasteiger partial charge < -0.3 is 51.5 Å². The van der Waals surface area contributed by atoms with E-state index in [1.54, 1.807) is 29.6 Å². The molecule has 1 aliphatic rings. The zero-order chi connectivity index (χ0) is 56.3. The molecule has 2 aromatic carbocycles. The molecule has 0 saturated carbocycles. The van der Waals surface area contributed by atoms with E-state index in [1.165, 1.54) is 17.7 Å². The lowest BCUT2D eigenvalue weighted by atomic mass is 9.92. The number of H-pyrrole nitrogens is 1. The molecule has 422 valence electrons. The number of aromatic nitrogens is 5. The van der Waals surface area contributed by atoms with Crippen LogP contribution in [0.4, 0.5) is 11.6 Å². The normalized spacial score (nSPS) is 15.7. The maximum Gasteiger partial charge on any atom is 0.326 e. The van der Waals surface area contributed by atoms with Crippen LogP contribution >= 0.6 is 11.3 Å². The van der Waals surface area contributed by atoms with Crippen LogP contribution in [0, 0.1) is 11.8 Å². The van der Waals surface area contributed by atoms with Gasteiger partial charge in [0.1, 0.15) is 41.0 Å². The van der Waals surface area contributed by atoms with Gasteiger partial charge in [0.05, 0.1) is 12.4 Å². The molecule has 21 nitrogen and oxygen atoms in total. The number of imidazole rings is 1. The number of likely N-dealkylation sites (tertiary alicyclic amines) is 1. The van der Waals surface area contributed by atoms with E-state index in [2.05, 4.69) is 64.9 Å². The lowest BCUT2D eigenvalue weighted by Crippen LogP contribution is -2.58. The highest BCUT2D eigenvalue weighted by Gasteiger charge is 2.38. The van der Waals surface area contributed by atoms with Gasteiger partial charge in [0.2, 0.25) is 35.5 Å². The molecular weight excluding hydrogens is 1020 g/mol. The molecule has 6 rings (SSSR count). The van der Waals surface area contributed by atoms with Crippen molar-refractivity contribution in [3.8, 4) is 5.88 Å². The summed E-state index contributed by atoms with van der Waals surface area (Å²) < 4.78 is 12.3. The third kappa shape index (κ3) is 17.2. The summed E-state index contributed by atoms with van der Waals surface area (Å²) >= 11 is 1.24. The van der Waals surface area contributed by atoms with Gasteiger partial charge in [-0.25, -0.2) is 14.8 Å². The third-order valence-corrected chi connectivity index (χ3v) is 15.0. The Kier molecular flexibility index (Phi) is 22.9. The predicted molar refractivity (Wildman–Crippen MR) is 298 cm³/mol. The van der Waals surface area contributed by atoms with Crippen LogP contribution in [-0.4, -0.2) is 126 Å². The van der Waals surface area contributed by atoms with E-state index in [4.69, 9.17) is 15.2 Å². The first-order valence-corrected chi connectivity index (χ1v) is 28.1. The number of ether oxygens (including phenoxy) is 2. The summed E-state index contributed by atoms with van der Waals surface area (Å²) in [4.78, 5) is 104. The van der Waals surface area contributed by atoms with Crippen LogP contribution in [0.2, 0.25) is 0 Å². The SMILES string of the molecule is CCCO[C@H](C[C@H](C(C)C)N(CCC)C(=O)[C@@H](NC(=O)[C@H]1CCCCN1C)[C@@H](C)CC)c1nc(C(=O)N[C@@H](Cc2ccc(NC(=O)CCCC(=O)NCc3ccc(COc4nc(N)nc5nc[nH]c45)cc3)cc2)C(=O)O)cs1. The molecule has 0 unspecified atom stereocenters. The van der Waals surface area contributed by atoms with Crippen molar-refractivity contribution in [1.29, 1.82) is 0 Å². The van der Waals surface area contributed by atoms with E-state index >= 15 is 0 Å². The zero-order valence-corrected chi connectivity index (χ0v) is 46.8. The monoisotopic (exact) mass is 1090 g/mol. The summed E-state index contributed by atoms with van der Waals surface area (Å²) in [5.74, 6) is -2.34. The summed E-state index contributed by atoms with van der Waals surface area (Å²) in [6.45, 7) is 14.5. The Hall–Kier alpha value is -7.04.